The molecule has 16 heavy (non-hydrogen) atoms. The Morgan fingerprint density at radius 1 is 1.38 bits per heavy atom. The van der Waals surface area contributed by atoms with Crippen LogP contribution >= 0.6 is 23.2 Å². The van der Waals surface area contributed by atoms with Crippen molar-refractivity contribution in [2.24, 2.45) is 0 Å². The first kappa shape index (κ1) is 11.1. The zero-order valence-corrected chi connectivity index (χ0v) is 9.61. The summed E-state index contributed by atoms with van der Waals surface area (Å²) in [5.41, 5.74) is 0.363. The molecule has 6 heteroatoms. The lowest BCUT2D eigenvalue weighted by Gasteiger charge is -2.04. The van der Waals surface area contributed by atoms with E-state index in [4.69, 9.17) is 23.2 Å². The fourth-order valence-corrected chi connectivity index (χ4v) is 1.65. The Morgan fingerprint density at radius 3 is 2.88 bits per heavy atom. The van der Waals surface area contributed by atoms with Crippen LogP contribution < -0.4 is 5.56 Å². The first-order valence-corrected chi connectivity index (χ1v) is 5.24. The van der Waals surface area contributed by atoms with Crippen molar-refractivity contribution in [3.05, 3.63) is 56.7 Å². The van der Waals surface area contributed by atoms with E-state index in [0.29, 0.717) is 15.7 Å². The summed E-state index contributed by atoms with van der Waals surface area (Å²) >= 11 is 11.7. The van der Waals surface area contributed by atoms with Crippen LogP contribution in [0.4, 0.5) is 0 Å². The van der Waals surface area contributed by atoms with Gasteiger partial charge in [-0.05, 0) is 12.1 Å². The lowest BCUT2D eigenvalue weighted by molar-refractivity contribution is 0.628. The van der Waals surface area contributed by atoms with Gasteiger partial charge in [0.05, 0.1) is 22.3 Å². The third-order valence-corrected chi connectivity index (χ3v) is 2.50. The minimum Gasteiger partial charge on any atom is -0.268 e. The van der Waals surface area contributed by atoms with E-state index < -0.39 is 0 Å². The zero-order valence-electron chi connectivity index (χ0n) is 8.10. The average molecular weight is 256 g/mol. The summed E-state index contributed by atoms with van der Waals surface area (Å²) in [6, 6.07) is 4.59. The van der Waals surface area contributed by atoms with Gasteiger partial charge in [0.2, 0.25) is 0 Å². The van der Waals surface area contributed by atoms with Crippen molar-refractivity contribution in [3.8, 4) is 0 Å². The molecule has 0 aliphatic heterocycles. The van der Waals surface area contributed by atoms with Gasteiger partial charge in [0.15, 0.2) is 0 Å². The van der Waals surface area contributed by atoms with Crippen LogP contribution in [0, 0.1) is 0 Å². The molecule has 0 aliphatic rings. The first-order chi connectivity index (χ1) is 7.66. The third-order valence-electron chi connectivity index (χ3n) is 1.97. The molecule has 4 nitrogen and oxygen atoms in total. The second-order valence-corrected chi connectivity index (χ2v) is 3.95. The molecule has 2 rings (SSSR count). The molecule has 0 N–H and O–H groups in total. The molecule has 82 valence electrons. The quantitative estimate of drug-likeness (QED) is 0.825. The predicted octanol–water partition coefficient (Wildman–Crippen LogP) is 1.99. The molecule has 2 aromatic rings. The van der Waals surface area contributed by atoms with Crippen LogP contribution in [0.2, 0.25) is 10.0 Å². The Balaban J connectivity index is 2.35. The highest BCUT2D eigenvalue weighted by Gasteiger charge is 2.05. The molecule has 0 aromatic carbocycles. The Morgan fingerprint density at radius 2 is 2.19 bits per heavy atom. The number of halogens is 2. The predicted molar refractivity (Wildman–Crippen MR) is 61.9 cm³/mol. The van der Waals surface area contributed by atoms with Crippen LogP contribution in [0.5, 0.6) is 0 Å². The zero-order chi connectivity index (χ0) is 11.5. The molecule has 0 saturated heterocycles. The molecule has 0 atom stereocenters. The normalized spacial score (nSPS) is 10.4. The second kappa shape index (κ2) is 4.63. The highest BCUT2D eigenvalue weighted by molar-refractivity contribution is 6.34. The van der Waals surface area contributed by atoms with Gasteiger partial charge in [0.1, 0.15) is 0 Å². The molecule has 2 aromatic heterocycles. The number of aromatic nitrogens is 3. The SMILES string of the molecule is O=c1cccnn1Cc1ncc(Cl)cc1Cl. The van der Waals surface area contributed by atoms with Crippen LogP contribution in [0.15, 0.2) is 35.4 Å². The monoisotopic (exact) mass is 255 g/mol. The Bertz CT molecular complexity index is 568. The largest absolute Gasteiger partial charge is 0.268 e. The fraction of sp³-hybridized carbons (Fsp3) is 0.100. The van der Waals surface area contributed by atoms with E-state index in [2.05, 4.69) is 10.1 Å². The number of rotatable bonds is 2. The van der Waals surface area contributed by atoms with Gasteiger partial charge >= 0.3 is 0 Å². The second-order valence-electron chi connectivity index (χ2n) is 3.10. The Hall–Kier alpha value is -1.39. The Labute approximate surface area is 101 Å². The maximum atomic E-state index is 11.4. The van der Waals surface area contributed by atoms with Crippen molar-refractivity contribution >= 4 is 23.2 Å². The lowest BCUT2D eigenvalue weighted by atomic mass is 10.3. The number of hydrogen-bond donors (Lipinski definition) is 0. The summed E-state index contributed by atoms with van der Waals surface area (Å²) in [4.78, 5) is 15.5. The molecule has 0 aliphatic carbocycles. The number of pyridine rings is 1. The van der Waals surface area contributed by atoms with Crippen LogP contribution in [0.25, 0.3) is 0 Å². The number of hydrogen-bond acceptors (Lipinski definition) is 3. The van der Waals surface area contributed by atoms with E-state index >= 15 is 0 Å². The Kier molecular flexibility index (Phi) is 3.22. The lowest BCUT2D eigenvalue weighted by Crippen LogP contribution is -2.22. The van der Waals surface area contributed by atoms with E-state index in [1.807, 2.05) is 0 Å². The van der Waals surface area contributed by atoms with Gasteiger partial charge in [-0.2, -0.15) is 5.10 Å². The van der Waals surface area contributed by atoms with Gasteiger partial charge in [0, 0.05) is 18.5 Å². The average Bonchev–Trinajstić information content (AvgIpc) is 2.25. The molecule has 2 heterocycles. The fourth-order valence-electron chi connectivity index (χ4n) is 1.21. The van der Waals surface area contributed by atoms with Crippen LogP contribution in [0.1, 0.15) is 5.69 Å². The van der Waals surface area contributed by atoms with Crippen molar-refractivity contribution in [1.82, 2.24) is 14.8 Å². The minimum atomic E-state index is -0.199. The van der Waals surface area contributed by atoms with Crippen molar-refractivity contribution in [1.29, 1.82) is 0 Å². The molecule has 0 fully saturated rings. The van der Waals surface area contributed by atoms with Crippen molar-refractivity contribution in [2.75, 3.05) is 0 Å². The van der Waals surface area contributed by atoms with E-state index in [0.717, 1.165) is 0 Å². The molecule has 0 unspecified atom stereocenters. The van der Waals surface area contributed by atoms with Crippen molar-refractivity contribution < 1.29 is 0 Å². The summed E-state index contributed by atoms with van der Waals surface area (Å²) in [6.07, 6.45) is 3.02. The van der Waals surface area contributed by atoms with Gasteiger partial charge < -0.3 is 0 Å². The molecule has 0 spiro atoms. The smallest absolute Gasteiger partial charge is 0.267 e. The third kappa shape index (κ3) is 2.40. The standard InChI is InChI=1S/C10H7Cl2N3O/c11-7-4-8(12)9(13-5-7)6-15-10(16)2-1-3-14-15/h1-5H,6H2. The van der Waals surface area contributed by atoms with Crippen LogP contribution in [0.3, 0.4) is 0 Å². The summed E-state index contributed by atoms with van der Waals surface area (Å²) in [7, 11) is 0. The maximum Gasteiger partial charge on any atom is 0.267 e. The van der Waals surface area contributed by atoms with Gasteiger partial charge in [0.25, 0.3) is 5.56 Å². The molecular weight excluding hydrogens is 249 g/mol. The molecular formula is C10H7Cl2N3O. The van der Waals surface area contributed by atoms with Crippen LogP contribution in [-0.4, -0.2) is 14.8 Å². The van der Waals surface area contributed by atoms with Gasteiger partial charge in [-0.15, -0.1) is 0 Å². The molecule has 0 bridgehead atoms. The first-order valence-electron chi connectivity index (χ1n) is 4.49. The summed E-state index contributed by atoms with van der Waals surface area (Å²) < 4.78 is 1.28. The van der Waals surface area contributed by atoms with Gasteiger partial charge in [-0.3, -0.25) is 9.78 Å². The van der Waals surface area contributed by atoms with Gasteiger partial charge in [-0.25, -0.2) is 4.68 Å². The van der Waals surface area contributed by atoms with Gasteiger partial charge in [-0.1, -0.05) is 23.2 Å². The summed E-state index contributed by atoms with van der Waals surface area (Å²) in [5.74, 6) is 0. The van der Waals surface area contributed by atoms with Crippen molar-refractivity contribution in [3.63, 3.8) is 0 Å². The molecule has 0 saturated carbocycles. The van der Waals surface area contributed by atoms with E-state index in [-0.39, 0.29) is 12.1 Å². The van der Waals surface area contributed by atoms with Crippen LogP contribution in [-0.2, 0) is 6.54 Å². The number of nitrogens with zero attached hydrogens (tertiary/aromatic N) is 3. The van der Waals surface area contributed by atoms with E-state index in [9.17, 15) is 4.79 Å². The highest BCUT2D eigenvalue weighted by atomic mass is 35.5. The molecule has 0 radical (unpaired) electrons. The van der Waals surface area contributed by atoms with Crippen molar-refractivity contribution in [2.45, 2.75) is 6.54 Å². The van der Waals surface area contributed by atoms with E-state index in [1.54, 1.807) is 12.1 Å². The topological polar surface area (TPSA) is 47.8 Å². The minimum absolute atomic E-state index is 0.199. The summed E-state index contributed by atoms with van der Waals surface area (Å²) in [5, 5.41) is 4.79. The summed E-state index contributed by atoms with van der Waals surface area (Å²) in [6.45, 7) is 0.232. The van der Waals surface area contributed by atoms with E-state index in [1.165, 1.54) is 23.1 Å². The highest BCUT2D eigenvalue weighted by Crippen LogP contribution is 2.18. The molecule has 0 amide bonds. The maximum absolute atomic E-state index is 11.4.